The summed E-state index contributed by atoms with van der Waals surface area (Å²) in [6.07, 6.45) is 0. The summed E-state index contributed by atoms with van der Waals surface area (Å²) in [7, 11) is -3.78. The predicted molar refractivity (Wildman–Crippen MR) is 68.3 cm³/mol. The molecule has 0 aliphatic carbocycles. The van der Waals surface area contributed by atoms with Crippen LogP contribution in [0.25, 0.3) is 0 Å². The fourth-order valence-corrected chi connectivity index (χ4v) is 3.33. The first-order valence-corrected chi connectivity index (χ1v) is 7.40. The van der Waals surface area contributed by atoms with E-state index in [2.05, 4.69) is 0 Å². The minimum absolute atomic E-state index is 0.153. The zero-order valence-electron chi connectivity index (χ0n) is 8.88. The van der Waals surface area contributed by atoms with Crippen molar-refractivity contribution in [3.63, 3.8) is 0 Å². The topological polar surface area (TPSA) is 43.4 Å². The molecule has 0 fully saturated rings. The van der Waals surface area contributed by atoms with Gasteiger partial charge in [0.25, 0.3) is 0 Å². The maximum atomic E-state index is 11.9. The molecule has 0 aliphatic heterocycles. The number of hydrogen-bond acceptors (Lipinski definition) is 4. The molecule has 1 aromatic heterocycles. The summed E-state index contributed by atoms with van der Waals surface area (Å²) < 4.78 is 28.9. The Morgan fingerprint density at radius 1 is 1.29 bits per heavy atom. The monoisotopic (exact) mass is 288 g/mol. The molecule has 0 atom stereocenters. The Hall–Kier alpha value is -1.04. The Balaban J connectivity index is 2.36. The highest BCUT2D eigenvalue weighted by Crippen LogP contribution is 2.29. The van der Waals surface area contributed by atoms with Crippen LogP contribution in [0.2, 0.25) is 5.02 Å². The van der Waals surface area contributed by atoms with Crippen molar-refractivity contribution in [1.29, 1.82) is 0 Å². The Kier molecular flexibility index (Phi) is 3.42. The molecular formula is C11H9ClO3S2. The van der Waals surface area contributed by atoms with Crippen LogP contribution < -0.4 is 4.18 Å². The lowest BCUT2D eigenvalue weighted by molar-refractivity contribution is 0.488. The van der Waals surface area contributed by atoms with Crippen LogP contribution in [-0.2, 0) is 10.1 Å². The van der Waals surface area contributed by atoms with Crippen molar-refractivity contribution in [3.05, 3.63) is 46.3 Å². The van der Waals surface area contributed by atoms with Crippen molar-refractivity contribution in [3.8, 4) is 5.75 Å². The second-order valence-electron chi connectivity index (χ2n) is 3.40. The van der Waals surface area contributed by atoms with Crippen molar-refractivity contribution < 1.29 is 12.6 Å². The van der Waals surface area contributed by atoms with Crippen molar-refractivity contribution >= 4 is 33.1 Å². The van der Waals surface area contributed by atoms with Gasteiger partial charge in [-0.25, -0.2) is 0 Å². The van der Waals surface area contributed by atoms with Gasteiger partial charge in [-0.15, -0.1) is 11.3 Å². The number of hydrogen-bond donors (Lipinski definition) is 0. The molecule has 1 heterocycles. The molecule has 0 saturated carbocycles. The molecule has 0 unspecified atom stereocenters. The molecule has 3 nitrogen and oxygen atoms in total. The van der Waals surface area contributed by atoms with Crippen LogP contribution in [0.1, 0.15) is 5.56 Å². The fourth-order valence-electron chi connectivity index (χ4n) is 1.24. The summed E-state index contributed by atoms with van der Waals surface area (Å²) in [5.41, 5.74) is 0.880. The third-order valence-electron chi connectivity index (χ3n) is 2.03. The fraction of sp³-hybridized carbons (Fsp3) is 0.0909. The molecule has 0 aliphatic rings. The zero-order valence-corrected chi connectivity index (χ0v) is 11.3. The second-order valence-corrected chi connectivity index (χ2v) is 6.53. The standard InChI is InChI=1S/C11H9ClO3S2/c1-8-4-5-9(12)10(7-8)15-17(13,14)11-3-2-6-16-11/h2-7H,1H3. The summed E-state index contributed by atoms with van der Waals surface area (Å²) >= 11 is 6.98. The van der Waals surface area contributed by atoms with Gasteiger partial charge >= 0.3 is 10.1 Å². The Labute approximate surface area is 109 Å². The SMILES string of the molecule is Cc1ccc(Cl)c(OS(=O)(=O)c2cccs2)c1. The van der Waals surface area contributed by atoms with Crippen molar-refractivity contribution in [1.82, 2.24) is 0 Å². The molecule has 0 radical (unpaired) electrons. The molecule has 17 heavy (non-hydrogen) atoms. The van der Waals surface area contributed by atoms with Gasteiger partial charge in [0.2, 0.25) is 0 Å². The highest BCUT2D eigenvalue weighted by Gasteiger charge is 2.19. The molecular weight excluding hydrogens is 280 g/mol. The Morgan fingerprint density at radius 2 is 2.06 bits per heavy atom. The number of aryl methyl sites for hydroxylation is 1. The van der Waals surface area contributed by atoms with E-state index in [4.69, 9.17) is 15.8 Å². The summed E-state index contributed by atoms with van der Waals surface area (Å²) in [5.74, 6) is 0.153. The minimum atomic E-state index is -3.78. The highest BCUT2D eigenvalue weighted by molar-refractivity contribution is 7.89. The first-order chi connectivity index (χ1) is 7.99. The molecule has 90 valence electrons. The van der Waals surface area contributed by atoms with E-state index in [1.807, 2.05) is 6.92 Å². The van der Waals surface area contributed by atoms with Crippen LogP contribution in [0.5, 0.6) is 5.75 Å². The van der Waals surface area contributed by atoms with E-state index in [9.17, 15) is 8.42 Å². The molecule has 0 saturated heterocycles. The van der Waals surface area contributed by atoms with E-state index in [0.29, 0.717) is 0 Å². The first kappa shape index (κ1) is 12.4. The smallest absolute Gasteiger partial charge is 0.348 e. The van der Waals surface area contributed by atoms with Gasteiger partial charge in [-0.3, -0.25) is 0 Å². The molecule has 2 rings (SSSR count). The van der Waals surface area contributed by atoms with E-state index in [-0.39, 0.29) is 15.0 Å². The molecule has 6 heteroatoms. The van der Waals surface area contributed by atoms with Gasteiger partial charge in [-0.1, -0.05) is 23.7 Å². The van der Waals surface area contributed by atoms with Gasteiger partial charge in [0.1, 0.15) is 0 Å². The van der Waals surface area contributed by atoms with Crippen LogP contribution in [-0.4, -0.2) is 8.42 Å². The Bertz CT molecular complexity index is 618. The predicted octanol–water partition coefficient (Wildman–Crippen LogP) is 3.48. The maximum Gasteiger partial charge on any atom is 0.348 e. The van der Waals surface area contributed by atoms with E-state index in [1.165, 1.54) is 6.07 Å². The molecule has 0 N–H and O–H groups in total. The van der Waals surface area contributed by atoms with Crippen LogP contribution >= 0.6 is 22.9 Å². The molecule has 0 spiro atoms. The summed E-state index contributed by atoms with van der Waals surface area (Å²) in [4.78, 5) is 0. The number of thiophene rings is 1. The van der Waals surface area contributed by atoms with Crippen molar-refractivity contribution in [2.75, 3.05) is 0 Å². The minimum Gasteiger partial charge on any atom is -0.377 e. The van der Waals surface area contributed by atoms with Crippen LogP contribution in [0.4, 0.5) is 0 Å². The van der Waals surface area contributed by atoms with Gasteiger partial charge in [0, 0.05) is 0 Å². The quantitative estimate of drug-likeness (QED) is 0.812. The van der Waals surface area contributed by atoms with Crippen LogP contribution in [0.15, 0.2) is 39.9 Å². The zero-order chi connectivity index (χ0) is 12.5. The average Bonchev–Trinajstić information content (AvgIpc) is 2.77. The van der Waals surface area contributed by atoms with Gasteiger partial charge in [0.05, 0.1) is 5.02 Å². The van der Waals surface area contributed by atoms with Gasteiger partial charge in [-0.2, -0.15) is 8.42 Å². The lowest BCUT2D eigenvalue weighted by atomic mass is 10.2. The van der Waals surface area contributed by atoms with Crippen LogP contribution in [0, 0.1) is 6.92 Å². The second kappa shape index (κ2) is 4.68. The molecule has 0 bridgehead atoms. The van der Waals surface area contributed by atoms with Crippen molar-refractivity contribution in [2.24, 2.45) is 0 Å². The third kappa shape index (κ3) is 2.80. The number of halogens is 1. The van der Waals surface area contributed by atoms with E-state index in [0.717, 1.165) is 16.9 Å². The van der Waals surface area contributed by atoms with E-state index < -0.39 is 10.1 Å². The van der Waals surface area contributed by atoms with Gasteiger partial charge < -0.3 is 4.18 Å². The largest absolute Gasteiger partial charge is 0.377 e. The van der Waals surface area contributed by atoms with Gasteiger partial charge in [-0.05, 0) is 36.1 Å². The Morgan fingerprint density at radius 3 is 2.71 bits per heavy atom. The third-order valence-corrected chi connectivity index (χ3v) is 4.93. The maximum absolute atomic E-state index is 11.9. The number of rotatable bonds is 3. The van der Waals surface area contributed by atoms with Crippen LogP contribution in [0.3, 0.4) is 0 Å². The van der Waals surface area contributed by atoms with Gasteiger partial charge in [0.15, 0.2) is 9.96 Å². The lowest BCUT2D eigenvalue weighted by Gasteiger charge is -2.07. The molecule has 0 amide bonds. The van der Waals surface area contributed by atoms with E-state index >= 15 is 0 Å². The van der Waals surface area contributed by atoms with Crippen molar-refractivity contribution in [2.45, 2.75) is 11.1 Å². The summed E-state index contributed by atoms with van der Waals surface area (Å²) in [6.45, 7) is 1.83. The molecule has 1 aromatic carbocycles. The summed E-state index contributed by atoms with van der Waals surface area (Å²) in [5, 5.41) is 1.95. The van der Waals surface area contributed by atoms with E-state index in [1.54, 1.807) is 29.6 Å². The normalized spacial score (nSPS) is 11.4. The molecule has 2 aromatic rings. The number of benzene rings is 1. The summed E-state index contributed by atoms with van der Waals surface area (Å²) in [6, 6.07) is 8.12. The lowest BCUT2D eigenvalue weighted by Crippen LogP contribution is -2.08. The average molecular weight is 289 g/mol. The highest BCUT2D eigenvalue weighted by atomic mass is 35.5. The first-order valence-electron chi connectivity index (χ1n) is 4.73.